The molecule has 2 heteroatoms. The second-order valence-electron chi connectivity index (χ2n) is 10.1. The largest absolute Gasteiger partial charge is 0.454 e. The van der Waals surface area contributed by atoms with Crippen molar-refractivity contribution in [2.24, 2.45) is 7.05 Å². The number of hydrogen-bond donors (Lipinski definition) is 0. The van der Waals surface area contributed by atoms with Crippen LogP contribution in [0.2, 0.25) is 0 Å². The number of hydrogen-bond acceptors (Lipinski definition) is 1. The van der Waals surface area contributed by atoms with Crippen LogP contribution in [0.25, 0.3) is 44.3 Å². The predicted molar refractivity (Wildman–Crippen MR) is 134 cm³/mol. The summed E-state index contributed by atoms with van der Waals surface area (Å²) in [6, 6.07) is 22.7. The van der Waals surface area contributed by atoms with Crippen LogP contribution in [0.3, 0.4) is 0 Å². The number of rotatable bonds is 1. The maximum absolute atomic E-state index is 6.90. The standard InChI is InChI=1S/C31H28NO/c1-19-14-17-32(3)26(18-19)27-20(2)10-11-21-22-12-13-25-28(30(22)33-29(21)27)23-8-4-5-9-24(23)31(25)15-6-7-16-31/h4-5,8-14,17-18H,6-7,15-16H2,1-3H3/q+1. The first kappa shape index (κ1) is 19.1. The van der Waals surface area contributed by atoms with Crippen LogP contribution in [0.1, 0.15) is 47.9 Å². The Morgan fingerprint density at radius 3 is 2.33 bits per heavy atom. The van der Waals surface area contributed by atoms with Crippen molar-refractivity contribution < 1.29 is 8.98 Å². The zero-order valence-corrected chi connectivity index (χ0v) is 19.5. The van der Waals surface area contributed by atoms with E-state index in [0.29, 0.717) is 0 Å². The van der Waals surface area contributed by atoms with Crippen molar-refractivity contribution in [3.63, 3.8) is 0 Å². The number of fused-ring (bicyclic) bond motifs is 9. The van der Waals surface area contributed by atoms with Gasteiger partial charge in [0.1, 0.15) is 18.2 Å². The molecule has 1 spiro atoms. The zero-order valence-electron chi connectivity index (χ0n) is 19.5. The van der Waals surface area contributed by atoms with Crippen molar-refractivity contribution in [1.29, 1.82) is 0 Å². The first-order chi connectivity index (χ1) is 16.1. The van der Waals surface area contributed by atoms with Crippen molar-refractivity contribution in [3.8, 4) is 22.4 Å². The first-order valence-corrected chi connectivity index (χ1v) is 12.1. The molecule has 2 nitrogen and oxygen atoms in total. The van der Waals surface area contributed by atoms with Crippen LogP contribution in [-0.4, -0.2) is 0 Å². The van der Waals surface area contributed by atoms with Gasteiger partial charge in [0.25, 0.3) is 0 Å². The quantitative estimate of drug-likeness (QED) is 0.251. The van der Waals surface area contributed by atoms with E-state index in [1.807, 2.05) is 0 Å². The molecule has 0 radical (unpaired) electrons. The minimum atomic E-state index is 0.167. The van der Waals surface area contributed by atoms with Gasteiger partial charge in [-0.25, -0.2) is 4.57 Å². The molecule has 0 bridgehead atoms. The minimum absolute atomic E-state index is 0.167. The van der Waals surface area contributed by atoms with Gasteiger partial charge in [0.2, 0.25) is 5.69 Å². The van der Waals surface area contributed by atoms with Crippen molar-refractivity contribution >= 4 is 21.9 Å². The van der Waals surface area contributed by atoms with E-state index in [9.17, 15) is 0 Å². The molecule has 2 aliphatic rings. The Morgan fingerprint density at radius 2 is 1.52 bits per heavy atom. The molecule has 0 saturated heterocycles. The van der Waals surface area contributed by atoms with Crippen molar-refractivity contribution in [2.45, 2.75) is 44.9 Å². The molecule has 33 heavy (non-hydrogen) atoms. The monoisotopic (exact) mass is 430 g/mol. The molecule has 0 amide bonds. The smallest absolute Gasteiger partial charge is 0.216 e. The molecule has 5 aromatic rings. The van der Waals surface area contributed by atoms with E-state index in [4.69, 9.17) is 4.42 Å². The summed E-state index contributed by atoms with van der Waals surface area (Å²) >= 11 is 0. The van der Waals surface area contributed by atoms with Crippen LogP contribution in [0.5, 0.6) is 0 Å². The summed E-state index contributed by atoms with van der Waals surface area (Å²) in [7, 11) is 2.12. The Hall–Kier alpha value is -3.39. The lowest BCUT2D eigenvalue weighted by atomic mass is 9.77. The van der Waals surface area contributed by atoms with Crippen LogP contribution >= 0.6 is 0 Å². The van der Waals surface area contributed by atoms with E-state index in [-0.39, 0.29) is 5.41 Å². The summed E-state index contributed by atoms with van der Waals surface area (Å²) in [4.78, 5) is 0. The van der Waals surface area contributed by atoms with Gasteiger partial charge in [-0.2, -0.15) is 0 Å². The Kier molecular flexibility index (Phi) is 3.81. The molecule has 0 unspecified atom stereocenters. The van der Waals surface area contributed by atoms with Crippen molar-refractivity contribution in [2.75, 3.05) is 0 Å². The molecular weight excluding hydrogens is 402 g/mol. The molecular formula is C31H28NO+. The number of nitrogens with zero attached hydrogens (tertiary/aromatic N) is 1. The van der Waals surface area contributed by atoms with Gasteiger partial charge in [-0.3, -0.25) is 0 Å². The average molecular weight is 431 g/mol. The molecule has 2 heterocycles. The second kappa shape index (κ2) is 6.57. The molecule has 0 atom stereocenters. The Labute approximate surface area is 194 Å². The molecule has 0 N–H and O–H groups in total. The van der Waals surface area contributed by atoms with Crippen LogP contribution < -0.4 is 4.57 Å². The summed E-state index contributed by atoms with van der Waals surface area (Å²) in [5.74, 6) is 0. The number of pyridine rings is 1. The fourth-order valence-electron chi connectivity index (χ4n) is 6.69. The second-order valence-corrected chi connectivity index (χ2v) is 10.1. The number of benzene rings is 3. The molecule has 0 aliphatic heterocycles. The van der Waals surface area contributed by atoms with Crippen molar-refractivity contribution in [3.05, 3.63) is 89.1 Å². The highest BCUT2D eigenvalue weighted by Crippen LogP contribution is 2.59. The van der Waals surface area contributed by atoms with Crippen LogP contribution in [-0.2, 0) is 12.5 Å². The van der Waals surface area contributed by atoms with Gasteiger partial charge in [0.05, 0.1) is 5.56 Å². The van der Waals surface area contributed by atoms with Crippen LogP contribution in [0.4, 0.5) is 0 Å². The van der Waals surface area contributed by atoms with Gasteiger partial charge in [-0.05, 0) is 54.5 Å². The Bertz CT molecular complexity index is 1600. The van der Waals surface area contributed by atoms with E-state index in [2.05, 4.69) is 92.3 Å². The lowest BCUT2D eigenvalue weighted by Crippen LogP contribution is -2.30. The third kappa shape index (κ3) is 2.41. The fraction of sp³-hybridized carbons (Fsp3) is 0.258. The molecule has 2 aliphatic carbocycles. The molecule has 2 aromatic heterocycles. The molecule has 1 fully saturated rings. The van der Waals surface area contributed by atoms with E-state index >= 15 is 0 Å². The fourth-order valence-corrected chi connectivity index (χ4v) is 6.69. The minimum Gasteiger partial charge on any atom is -0.454 e. The average Bonchev–Trinajstić information content (AvgIpc) is 3.52. The highest BCUT2D eigenvalue weighted by atomic mass is 16.3. The highest BCUT2D eigenvalue weighted by Gasteiger charge is 2.46. The predicted octanol–water partition coefficient (Wildman–Crippen LogP) is 7.53. The third-order valence-electron chi connectivity index (χ3n) is 8.26. The number of aryl methyl sites for hydroxylation is 3. The van der Waals surface area contributed by atoms with E-state index in [1.165, 1.54) is 81.1 Å². The highest BCUT2D eigenvalue weighted by molar-refractivity contribution is 6.14. The number of aromatic nitrogens is 1. The normalized spacial score (nSPS) is 16.1. The first-order valence-electron chi connectivity index (χ1n) is 12.1. The van der Waals surface area contributed by atoms with Gasteiger partial charge < -0.3 is 4.42 Å². The summed E-state index contributed by atoms with van der Waals surface area (Å²) in [5.41, 5.74) is 12.8. The summed E-state index contributed by atoms with van der Waals surface area (Å²) in [6.45, 7) is 4.35. The summed E-state index contributed by atoms with van der Waals surface area (Å²) in [5, 5.41) is 2.44. The van der Waals surface area contributed by atoms with E-state index in [0.717, 1.165) is 11.2 Å². The van der Waals surface area contributed by atoms with Gasteiger partial charge in [-0.15, -0.1) is 0 Å². The van der Waals surface area contributed by atoms with Gasteiger partial charge in [0.15, 0.2) is 6.20 Å². The third-order valence-corrected chi connectivity index (χ3v) is 8.26. The van der Waals surface area contributed by atoms with Crippen LogP contribution in [0.15, 0.2) is 71.3 Å². The lowest BCUT2D eigenvalue weighted by Gasteiger charge is -2.26. The zero-order chi connectivity index (χ0) is 22.3. The topological polar surface area (TPSA) is 17.0 Å². The number of furan rings is 1. The van der Waals surface area contributed by atoms with E-state index < -0.39 is 0 Å². The summed E-state index contributed by atoms with van der Waals surface area (Å²) in [6.07, 6.45) is 7.24. The Morgan fingerprint density at radius 1 is 0.788 bits per heavy atom. The van der Waals surface area contributed by atoms with Crippen LogP contribution in [0, 0.1) is 13.8 Å². The molecule has 162 valence electrons. The van der Waals surface area contributed by atoms with Gasteiger partial charge >= 0.3 is 0 Å². The maximum atomic E-state index is 6.90. The van der Waals surface area contributed by atoms with Gasteiger partial charge in [-0.1, -0.05) is 61.4 Å². The molecule has 7 rings (SSSR count). The molecule has 1 saturated carbocycles. The van der Waals surface area contributed by atoms with E-state index in [1.54, 1.807) is 0 Å². The lowest BCUT2D eigenvalue weighted by molar-refractivity contribution is -0.660. The Balaban J connectivity index is 1.61. The SMILES string of the molecule is Cc1cc[n+](C)c(-c2c(C)ccc3c2oc2c4c(ccc23)C2(CCCC2)c2ccccc2-4)c1. The summed E-state index contributed by atoms with van der Waals surface area (Å²) < 4.78 is 9.11. The van der Waals surface area contributed by atoms with Crippen molar-refractivity contribution in [1.82, 2.24) is 0 Å². The van der Waals surface area contributed by atoms with Gasteiger partial charge in [0, 0.05) is 33.9 Å². The maximum Gasteiger partial charge on any atom is 0.216 e. The molecule has 3 aromatic carbocycles.